The van der Waals surface area contributed by atoms with E-state index < -0.39 is 0 Å². The lowest BCUT2D eigenvalue weighted by molar-refractivity contribution is -0.148. The number of nitrogens with one attached hydrogen (secondary N) is 2. The molecule has 2 N–H and O–H groups in total. The third-order valence-corrected chi connectivity index (χ3v) is 4.57. The lowest BCUT2D eigenvalue weighted by Gasteiger charge is -2.55. The van der Waals surface area contributed by atoms with Crippen molar-refractivity contribution in [2.75, 3.05) is 33.4 Å². The first-order valence-electron chi connectivity index (χ1n) is 7.75. The van der Waals surface area contributed by atoms with E-state index in [9.17, 15) is 4.79 Å². The Morgan fingerprint density at radius 3 is 2.48 bits per heavy atom. The maximum atomic E-state index is 11.9. The molecule has 0 aromatic carbocycles. The second-order valence-electron chi connectivity index (χ2n) is 5.41. The molecule has 21 heavy (non-hydrogen) atoms. The van der Waals surface area contributed by atoms with E-state index in [1.165, 1.54) is 0 Å². The molecule has 6 heteroatoms. The molecule has 0 aromatic heterocycles. The fourth-order valence-corrected chi connectivity index (χ4v) is 3.20. The number of ether oxygens (including phenoxy) is 2. The molecule has 0 aliphatic heterocycles. The minimum absolute atomic E-state index is 0. The van der Waals surface area contributed by atoms with Gasteiger partial charge in [0.1, 0.15) is 0 Å². The average molecular weight is 323 g/mol. The molecular weight excluding hydrogens is 292 g/mol. The van der Waals surface area contributed by atoms with Gasteiger partial charge in [-0.3, -0.25) is 4.79 Å². The normalized spacial score (nSPS) is 23.0. The molecule has 1 amide bonds. The van der Waals surface area contributed by atoms with Crippen LogP contribution in [-0.4, -0.2) is 51.5 Å². The standard InChI is InChI=1S/C15H30N2O3.ClH/c1-5-15(6-2)12(10-13(15)20-7-3)17-14(18)11-16-8-9-19-4;/h12-13,16H,5-11H2,1-4H3,(H,17,18);1H. The van der Waals surface area contributed by atoms with Crippen LogP contribution in [0.4, 0.5) is 0 Å². The van der Waals surface area contributed by atoms with Crippen LogP contribution in [0.3, 0.4) is 0 Å². The first-order valence-corrected chi connectivity index (χ1v) is 7.75. The highest BCUT2D eigenvalue weighted by atomic mass is 35.5. The molecule has 1 saturated carbocycles. The highest BCUT2D eigenvalue weighted by molar-refractivity contribution is 5.85. The largest absolute Gasteiger partial charge is 0.383 e. The zero-order valence-corrected chi connectivity index (χ0v) is 14.6. The topological polar surface area (TPSA) is 59.6 Å². The lowest BCUT2D eigenvalue weighted by atomic mass is 9.58. The molecule has 0 aromatic rings. The number of methoxy groups -OCH3 is 1. The first-order chi connectivity index (χ1) is 9.64. The van der Waals surface area contributed by atoms with Gasteiger partial charge in [-0.25, -0.2) is 0 Å². The van der Waals surface area contributed by atoms with E-state index in [2.05, 4.69) is 24.5 Å². The van der Waals surface area contributed by atoms with Gasteiger partial charge in [0.15, 0.2) is 0 Å². The van der Waals surface area contributed by atoms with Crippen molar-refractivity contribution in [2.24, 2.45) is 5.41 Å². The molecule has 1 fully saturated rings. The number of rotatable bonds is 10. The summed E-state index contributed by atoms with van der Waals surface area (Å²) in [4.78, 5) is 11.9. The summed E-state index contributed by atoms with van der Waals surface area (Å²) in [7, 11) is 1.65. The van der Waals surface area contributed by atoms with Gasteiger partial charge in [-0.15, -0.1) is 12.4 Å². The molecule has 0 saturated heterocycles. The van der Waals surface area contributed by atoms with Crippen LogP contribution in [0, 0.1) is 5.41 Å². The number of hydrogen-bond acceptors (Lipinski definition) is 4. The van der Waals surface area contributed by atoms with Gasteiger partial charge in [0.25, 0.3) is 0 Å². The van der Waals surface area contributed by atoms with E-state index in [-0.39, 0.29) is 35.9 Å². The van der Waals surface area contributed by atoms with Crippen LogP contribution >= 0.6 is 12.4 Å². The van der Waals surface area contributed by atoms with Crippen molar-refractivity contribution in [1.82, 2.24) is 10.6 Å². The summed E-state index contributed by atoms with van der Waals surface area (Å²) in [6, 6.07) is 0.241. The van der Waals surface area contributed by atoms with Crippen molar-refractivity contribution in [2.45, 2.75) is 52.2 Å². The molecule has 1 rings (SSSR count). The second-order valence-corrected chi connectivity index (χ2v) is 5.41. The summed E-state index contributed by atoms with van der Waals surface area (Å²) < 4.78 is 10.8. The molecule has 126 valence electrons. The Hall–Kier alpha value is -0.360. The lowest BCUT2D eigenvalue weighted by Crippen LogP contribution is -2.65. The molecule has 0 bridgehead atoms. The minimum Gasteiger partial charge on any atom is -0.383 e. The van der Waals surface area contributed by atoms with Crippen LogP contribution in [0.5, 0.6) is 0 Å². The molecule has 5 nitrogen and oxygen atoms in total. The molecule has 1 aliphatic carbocycles. The molecule has 0 heterocycles. The van der Waals surface area contributed by atoms with Crippen LogP contribution in [0.25, 0.3) is 0 Å². The summed E-state index contributed by atoms with van der Waals surface area (Å²) in [5, 5.41) is 6.22. The Morgan fingerprint density at radius 2 is 1.95 bits per heavy atom. The van der Waals surface area contributed by atoms with E-state index in [1.807, 2.05) is 6.92 Å². The fourth-order valence-electron chi connectivity index (χ4n) is 3.20. The van der Waals surface area contributed by atoms with Crippen molar-refractivity contribution in [3.05, 3.63) is 0 Å². The Morgan fingerprint density at radius 1 is 1.29 bits per heavy atom. The number of amides is 1. The van der Waals surface area contributed by atoms with Gasteiger partial charge < -0.3 is 20.1 Å². The number of hydrogen-bond donors (Lipinski definition) is 2. The maximum Gasteiger partial charge on any atom is 0.234 e. The smallest absolute Gasteiger partial charge is 0.234 e. The predicted octanol–water partition coefficient (Wildman–Crippen LogP) is 1.74. The van der Waals surface area contributed by atoms with Crippen LogP contribution < -0.4 is 10.6 Å². The SMILES string of the molecule is CCOC1CC(NC(=O)CNCCOC)C1(CC)CC.Cl. The van der Waals surface area contributed by atoms with Gasteiger partial charge >= 0.3 is 0 Å². The van der Waals surface area contributed by atoms with Crippen LogP contribution in [-0.2, 0) is 14.3 Å². The molecule has 0 spiro atoms. The van der Waals surface area contributed by atoms with Crippen molar-refractivity contribution in [3.8, 4) is 0 Å². The van der Waals surface area contributed by atoms with Gasteiger partial charge in [0.2, 0.25) is 5.91 Å². The fraction of sp³-hybridized carbons (Fsp3) is 0.933. The van der Waals surface area contributed by atoms with Crippen molar-refractivity contribution >= 4 is 18.3 Å². The van der Waals surface area contributed by atoms with E-state index in [0.29, 0.717) is 19.7 Å². The molecule has 2 atom stereocenters. The van der Waals surface area contributed by atoms with Gasteiger partial charge in [-0.05, 0) is 26.2 Å². The highest BCUT2D eigenvalue weighted by Gasteiger charge is 2.53. The Balaban J connectivity index is 0.00000400. The average Bonchev–Trinajstić information content (AvgIpc) is 2.44. The first kappa shape index (κ1) is 20.6. The monoisotopic (exact) mass is 322 g/mol. The highest BCUT2D eigenvalue weighted by Crippen LogP contribution is 2.48. The summed E-state index contributed by atoms with van der Waals surface area (Å²) >= 11 is 0. The zero-order chi connectivity index (χ0) is 15.0. The number of carbonyl (C=O) groups is 1. The van der Waals surface area contributed by atoms with E-state index >= 15 is 0 Å². The van der Waals surface area contributed by atoms with Gasteiger partial charge in [0, 0.05) is 31.7 Å². The summed E-state index contributed by atoms with van der Waals surface area (Å²) in [5.41, 5.74) is 0.109. The van der Waals surface area contributed by atoms with Crippen LogP contribution in [0.1, 0.15) is 40.0 Å². The quantitative estimate of drug-likeness (QED) is 0.602. The van der Waals surface area contributed by atoms with E-state index in [0.717, 1.165) is 25.9 Å². The van der Waals surface area contributed by atoms with Gasteiger partial charge in [-0.2, -0.15) is 0 Å². The molecule has 0 radical (unpaired) electrons. The number of halogens is 1. The van der Waals surface area contributed by atoms with E-state index in [1.54, 1.807) is 7.11 Å². The second kappa shape index (κ2) is 10.4. The van der Waals surface area contributed by atoms with Crippen LogP contribution in [0.2, 0.25) is 0 Å². The minimum atomic E-state index is 0. The molecular formula is C15H31ClN2O3. The summed E-state index contributed by atoms with van der Waals surface area (Å²) in [6.45, 7) is 8.81. The summed E-state index contributed by atoms with van der Waals surface area (Å²) in [6.07, 6.45) is 3.29. The van der Waals surface area contributed by atoms with Gasteiger partial charge in [0.05, 0.1) is 19.3 Å². The van der Waals surface area contributed by atoms with E-state index in [4.69, 9.17) is 9.47 Å². The Kier molecular flexibility index (Phi) is 10.2. The van der Waals surface area contributed by atoms with Crippen LogP contribution in [0.15, 0.2) is 0 Å². The van der Waals surface area contributed by atoms with Crippen molar-refractivity contribution in [1.29, 1.82) is 0 Å². The summed E-state index contributed by atoms with van der Waals surface area (Å²) in [5.74, 6) is 0.0623. The molecule has 2 unspecified atom stereocenters. The Bertz CT molecular complexity index is 299. The third-order valence-electron chi connectivity index (χ3n) is 4.57. The van der Waals surface area contributed by atoms with Crippen molar-refractivity contribution in [3.63, 3.8) is 0 Å². The zero-order valence-electron chi connectivity index (χ0n) is 13.7. The van der Waals surface area contributed by atoms with Gasteiger partial charge in [-0.1, -0.05) is 13.8 Å². The maximum absolute atomic E-state index is 11.9. The number of carbonyl (C=O) groups excluding carboxylic acids is 1. The molecule has 1 aliphatic rings. The Labute approximate surface area is 134 Å². The van der Waals surface area contributed by atoms with Crippen molar-refractivity contribution < 1.29 is 14.3 Å². The third kappa shape index (κ3) is 5.09. The predicted molar refractivity (Wildman–Crippen MR) is 87.0 cm³/mol.